The van der Waals surface area contributed by atoms with Gasteiger partial charge in [-0.2, -0.15) is 18.2 Å². The van der Waals surface area contributed by atoms with Gasteiger partial charge in [0.15, 0.2) is 11.5 Å². The third-order valence-corrected chi connectivity index (χ3v) is 7.66. The van der Waals surface area contributed by atoms with Crippen LogP contribution in [0.4, 0.5) is 29.3 Å². The fourth-order valence-electron chi connectivity index (χ4n) is 5.17. The maximum atomic E-state index is 13.7. The number of rotatable bonds is 13. The molecule has 0 aliphatic heterocycles. The summed E-state index contributed by atoms with van der Waals surface area (Å²) in [5.41, 5.74) is 1.16. The number of hydrogen-bond acceptors (Lipinski definition) is 6. The van der Waals surface area contributed by atoms with Crippen molar-refractivity contribution in [2.45, 2.75) is 44.8 Å². The fraction of sp³-hybridized carbons (Fsp3) is 0.355. The summed E-state index contributed by atoms with van der Waals surface area (Å²) in [6, 6.07) is 11.1. The van der Waals surface area contributed by atoms with Crippen LogP contribution in [0.1, 0.15) is 53.0 Å². The number of imidazole rings is 1. The average Bonchev–Trinajstić information content (AvgIpc) is 3.28. The lowest BCUT2D eigenvalue weighted by molar-refractivity contribution is -0.137. The monoisotopic (exact) mass is 596 g/mol. The first-order chi connectivity index (χ1) is 20.6. The molecule has 12 heteroatoms. The Morgan fingerprint density at radius 2 is 1.88 bits per heavy atom. The zero-order valence-corrected chi connectivity index (χ0v) is 23.4. The topological polar surface area (TPSA) is 96.2 Å². The number of anilines is 2. The first-order valence-corrected chi connectivity index (χ1v) is 14.1. The highest BCUT2D eigenvalue weighted by molar-refractivity contribution is 5.92. The summed E-state index contributed by atoms with van der Waals surface area (Å²) in [5, 5.41) is 13.0. The van der Waals surface area contributed by atoms with Crippen molar-refractivity contribution in [1.82, 2.24) is 19.5 Å². The van der Waals surface area contributed by atoms with Crippen molar-refractivity contribution in [2.24, 2.45) is 5.92 Å². The Balaban J connectivity index is 1.57. The van der Waals surface area contributed by atoms with Crippen molar-refractivity contribution in [1.29, 1.82) is 0 Å². The molecule has 2 N–H and O–H groups in total. The Bertz CT molecular complexity index is 1600. The molecule has 8 nitrogen and oxygen atoms in total. The Morgan fingerprint density at radius 3 is 2.51 bits per heavy atom. The van der Waals surface area contributed by atoms with Gasteiger partial charge in [-0.25, -0.2) is 19.2 Å². The number of carboxylic acid groups (broad SMARTS) is 1. The summed E-state index contributed by atoms with van der Waals surface area (Å²) in [6.07, 6.45) is 2.09. The summed E-state index contributed by atoms with van der Waals surface area (Å²) in [7, 11) is 0. The molecule has 1 saturated carbocycles. The molecule has 0 atom stereocenters. The number of hydrogen-bond donors (Lipinski definition) is 2. The molecule has 0 amide bonds. The van der Waals surface area contributed by atoms with Crippen LogP contribution < -0.4 is 10.2 Å². The van der Waals surface area contributed by atoms with Crippen molar-refractivity contribution >= 4 is 28.9 Å². The van der Waals surface area contributed by atoms with Crippen LogP contribution in [0.2, 0.25) is 0 Å². The summed E-state index contributed by atoms with van der Waals surface area (Å²) >= 11 is 0. The standard InChI is InChI=1S/C31H32F4N6O2/c1-2-16-40(17-14-20-5-3-6-20)28-25-26(37-27(38-28)29(42)43)39-30(36-15-13-21-7-4-8-24(32)18-21)41(25)19-22-9-11-23(12-10-22)31(33,34)35/h2,4,7-12,18,20H,1,3,5-6,13-17,19H2,(H,42,43)(H,36,37,38,39). The van der Waals surface area contributed by atoms with Gasteiger partial charge in [0.1, 0.15) is 11.3 Å². The molecular formula is C31H32F4N6O2. The normalized spacial score (nSPS) is 13.6. The van der Waals surface area contributed by atoms with Gasteiger partial charge < -0.3 is 19.9 Å². The van der Waals surface area contributed by atoms with Gasteiger partial charge in [0.25, 0.3) is 0 Å². The van der Waals surface area contributed by atoms with E-state index in [0.29, 0.717) is 54.8 Å². The first-order valence-electron chi connectivity index (χ1n) is 14.1. The lowest BCUT2D eigenvalue weighted by Gasteiger charge is -2.30. The van der Waals surface area contributed by atoms with Crippen molar-refractivity contribution in [3.8, 4) is 0 Å². The van der Waals surface area contributed by atoms with E-state index in [1.165, 1.54) is 30.7 Å². The molecule has 1 aliphatic rings. The zero-order chi connectivity index (χ0) is 30.6. The van der Waals surface area contributed by atoms with E-state index in [9.17, 15) is 27.5 Å². The molecule has 2 heterocycles. The molecule has 0 radical (unpaired) electrons. The van der Waals surface area contributed by atoms with Gasteiger partial charge in [0.2, 0.25) is 11.8 Å². The number of halogens is 4. The predicted octanol–water partition coefficient (Wildman–Crippen LogP) is 6.57. The summed E-state index contributed by atoms with van der Waals surface area (Å²) in [6.45, 7) is 5.34. The Kier molecular flexibility index (Phi) is 8.93. The van der Waals surface area contributed by atoms with Crippen molar-refractivity contribution < 1.29 is 27.5 Å². The van der Waals surface area contributed by atoms with Crippen LogP contribution in [0.5, 0.6) is 0 Å². The van der Waals surface area contributed by atoms with E-state index < -0.39 is 23.5 Å². The maximum absolute atomic E-state index is 13.7. The second-order valence-electron chi connectivity index (χ2n) is 10.7. The summed E-state index contributed by atoms with van der Waals surface area (Å²) in [5.74, 6) is -0.788. The van der Waals surface area contributed by atoms with Crippen LogP contribution in [-0.4, -0.2) is 50.2 Å². The Morgan fingerprint density at radius 1 is 1.12 bits per heavy atom. The third-order valence-electron chi connectivity index (χ3n) is 7.66. The molecule has 2 aromatic heterocycles. The minimum Gasteiger partial charge on any atom is -0.475 e. The summed E-state index contributed by atoms with van der Waals surface area (Å²) in [4.78, 5) is 27.2. The van der Waals surface area contributed by atoms with Crippen molar-refractivity contribution in [3.63, 3.8) is 0 Å². The van der Waals surface area contributed by atoms with Gasteiger partial charge in [-0.05, 0) is 54.2 Å². The fourth-order valence-corrected chi connectivity index (χ4v) is 5.17. The molecule has 4 aromatic rings. The molecule has 0 unspecified atom stereocenters. The van der Waals surface area contributed by atoms with E-state index in [1.807, 2.05) is 4.90 Å². The minimum atomic E-state index is -4.47. The number of aromatic nitrogens is 4. The number of carbonyl (C=O) groups is 1. The highest BCUT2D eigenvalue weighted by atomic mass is 19.4. The van der Waals surface area contributed by atoms with E-state index in [0.717, 1.165) is 37.0 Å². The van der Waals surface area contributed by atoms with Gasteiger partial charge in [0, 0.05) is 19.6 Å². The molecule has 0 bridgehead atoms. The average molecular weight is 597 g/mol. The van der Waals surface area contributed by atoms with Crippen LogP contribution in [0.25, 0.3) is 11.2 Å². The molecule has 1 fully saturated rings. The molecule has 226 valence electrons. The van der Waals surface area contributed by atoms with Crippen molar-refractivity contribution in [3.05, 3.63) is 89.5 Å². The van der Waals surface area contributed by atoms with E-state index in [1.54, 1.807) is 22.8 Å². The highest BCUT2D eigenvalue weighted by Gasteiger charge is 2.30. The van der Waals surface area contributed by atoms with Crippen LogP contribution in [-0.2, 0) is 19.1 Å². The third kappa shape index (κ3) is 7.12. The number of aromatic carboxylic acids is 1. The van der Waals surface area contributed by atoms with Gasteiger partial charge >= 0.3 is 12.1 Å². The molecule has 1 aliphatic carbocycles. The molecule has 2 aromatic carbocycles. The van der Waals surface area contributed by atoms with E-state index in [4.69, 9.17) is 0 Å². The summed E-state index contributed by atoms with van der Waals surface area (Å²) < 4.78 is 55.1. The van der Waals surface area contributed by atoms with Crippen LogP contribution in [0.15, 0.2) is 61.2 Å². The molecule has 5 rings (SSSR count). The van der Waals surface area contributed by atoms with Gasteiger partial charge in [-0.15, -0.1) is 6.58 Å². The first kappa shape index (κ1) is 30.0. The number of nitrogens with one attached hydrogen (secondary N) is 1. The van der Waals surface area contributed by atoms with E-state index in [2.05, 4.69) is 26.8 Å². The van der Waals surface area contributed by atoms with Crippen LogP contribution >= 0.6 is 0 Å². The number of nitrogens with zero attached hydrogens (tertiary/aromatic N) is 5. The second kappa shape index (κ2) is 12.8. The lowest BCUT2D eigenvalue weighted by atomic mass is 9.83. The lowest BCUT2D eigenvalue weighted by Crippen LogP contribution is -2.30. The minimum absolute atomic E-state index is 0.115. The number of fused-ring (bicyclic) bond motifs is 1. The quantitative estimate of drug-likeness (QED) is 0.133. The Labute approximate surface area is 246 Å². The van der Waals surface area contributed by atoms with Gasteiger partial charge in [-0.3, -0.25) is 0 Å². The van der Waals surface area contributed by atoms with Gasteiger partial charge in [-0.1, -0.05) is 49.6 Å². The number of carboxylic acids is 1. The van der Waals surface area contributed by atoms with E-state index >= 15 is 0 Å². The van der Waals surface area contributed by atoms with Crippen LogP contribution in [0, 0.1) is 11.7 Å². The molecule has 0 saturated heterocycles. The van der Waals surface area contributed by atoms with E-state index in [-0.39, 0.29) is 18.0 Å². The zero-order valence-electron chi connectivity index (χ0n) is 23.4. The molecule has 43 heavy (non-hydrogen) atoms. The largest absolute Gasteiger partial charge is 0.475 e. The molecule has 0 spiro atoms. The SMILES string of the molecule is C=CCN(CCC1CCC1)c1nc(C(=O)O)nc2nc(NCCc3cccc(F)c3)n(Cc3ccc(C(F)(F)F)cc3)c12. The number of benzene rings is 2. The van der Waals surface area contributed by atoms with Gasteiger partial charge in [0.05, 0.1) is 12.1 Å². The smallest absolute Gasteiger partial charge is 0.416 e. The maximum Gasteiger partial charge on any atom is 0.416 e. The number of alkyl halides is 3. The Hall–Kier alpha value is -4.48. The highest BCUT2D eigenvalue weighted by Crippen LogP contribution is 2.33. The van der Waals surface area contributed by atoms with Crippen LogP contribution in [0.3, 0.4) is 0 Å². The molecular weight excluding hydrogens is 564 g/mol. The van der Waals surface area contributed by atoms with Crippen molar-refractivity contribution in [2.75, 3.05) is 29.9 Å². The predicted molar refractivity (Wildman–Crippen MR) is 156 cm³/mol. The second-order valence-corrected chi connectivity index (χ2v) is 10.7.